The van der Waals surface area contributed by atoms with Crippen molar-refractivity contribution in [3.63, 3.8) is 0 Å². The van der Waals surface area contributed by atoms with E-state index < -0.39 is 0 Å². The van der Waals surface area contributed by atoms with Crippen LogP contribution in [0.4, 0.5) is 0 Å². The minimum absolute atomic E-state index is 0.190. The van der Waals surface area contributed by atoms with Crippen molar-refractivity contribution < 1.29 is 9.53 Å². The molecule has 0 aliphatic heterocycles. The molecule has 0 fully saturated rings. The Hall–Kier alpha value is -1.36. The number of ether oxygens (including phenoxy) is 1. The van der Waals surface area contributed by atoms with Crippen molar-refractivity contribution in [1.29, 1.82) is 0 Å². The quantitative estimate of drug-likeness (QED) is 0.738. The molecule has 0 amide bonds. The predicted octanol–water partition coefficient (Wildman–Crippen LogP) is 0.545. The fourth-order valence-corrected chi connectivity index (χ4v) is 1.51. The van der Waals surface area contributed by atoms with E-state index in [9.17, 15) is 4.79 Å². The number of hydrogen-bond donors (Lipinski definition) is 1. The van der Waals surface area contributed by atoms with Crippen molar-refractivity contribution in [2.45, 2.75) is 25.8 Å². The second-order valence-electron chi connectivity index (χ2n) is 3.45. The van der Waals surface area contributed by atoms with Crippen molar-refractivity contribution in [2.24, 2.45) is 12.8 Å². The van der Waals surface area contributed by atoms with Crippen LogP contribution in [0, 0.1) is 0 Å². The topological polar surface area (TPSA) is 70.1 Å². The Kier molecular flexibility index (Phi) is 3.85. The molecule has 0 unspecified atom stereocenters. The molecule has 5 heteroatoms. The van der Waals surface area contributed by atoms with E-state index in [2.05, 4.69) is 9.84 Å². The summed E-state index contributed by atoms with van der Waals surface area (Å²) < 4.78 is 6.29. The summed E-state index contributed by atoms with van der Waals surface area (Å²) in [4.78, 5) is 11.1. The van der Waals surface area contributed by atoms with Crippen LogP contribution in [0.25, 0.3) is 0 Å². The van der Waals surface area contributed by atoms with Gasteiger partial charge in [-0.15, -0.1) is 0 Å². The van der Waals surface area contributed by atoms with E-state index in [1.807, 2.05) is 20.2 Å². The maximum atomic E-state index is 11.1. The van der Waals surface area contributed by atoms with Gasteiger partial charge in [-0.25, -0.2) is 0 Å². The van der Waals surface area contributed by atoms with E-state index in [0.29, 0.717) is 0 Å². The molecule has 0 aromatic carbocycles. The van der Waals surface area contributed by atoms with Gasteiger partial charge >= 0.3 is 5.97 Å². The number of aryl methyl sites for hydroxylation is 2. The number of carbonyl (C=O) groups excluding carboxylic acids is 1. The average molecular weight is 211 g/mol. The maximum absolute atomic E-state index is 11.1. The molecule has 2 N–H and O–H groups in total. The third-order valence-corrected chi connectivity index (χ3v) is 2.29. The SMILES string of the molecule is CCc1nn(C)cc1[C@H](N)CC(=O)OC. The molecule has 1 heterocycles. The number of nitrogens with zero attached hydrogens (tertiary/aromatic N) is 2. The zero-order valence-corrected chi connectivity index (χ0v) is 9.36. The summed E-state index contributed by atoms with van der Waals surface area (Å²) in [5, 5.41) is 4.27. The molecule has 0 aliphatic rings. The van der Waals surface area contributed by atoms with Gasteiger partial charge in [0.05, 0.1) is 19.2 Å². The molecule has 84 valence electrons. The first-order valence-corrected chi connectivity index (χ1v) is 4.93. The molecule has 1 rings (SSSR count). The van der Waals surface area contributed by atoms with E-state index in [0.717, 1.165) is 17.7 Å². The third-order valence-electron chi connectivity index (χ3n) is 2.29. The van der Waals surface area contributed by atoms with Gasteiger partial charge in [0, 0.05) is 24.8 Å². The van der Waals surface area contributed by atoms with Crippen LogP contribution in [0.15, 0.2) is 6.20 Å². The highest BCUT2D eigenvalue weighted by Crippen LogP contribution is 2.18. The Morgan fingerprint density at radius 1 is 1.73 bits per heavy atom. The van der Waals surface area contributed by atoms with Gasteiger partial charge < -0.3 is 10.5 Å². The van der Waals surface area contributed by atoms with Crippen LogP contribution in [-0.2, 0) is 23.0 Å². The minimum atomic E-state index is -0.332. The molecular weight excluding hydrogens is 194 g/mol. The lowest BCUT2D eigenvalue weighted by Crippen LogP contribution is -2.17. The molecule has 0 radical (unpaired) electrons. The molecule has 1 atom stereocenters. The van der Waals surface area contributed by atoms with Crippen LogP contribution < -0.4 is 5.73 Å². The molecule has 5 nitrogen and oxygen atoms in total. The number of aromatic nitrogens is 2. The Morgan fingerprint density at radius 3 is 2.93 bits per heavy atom. The first kappa shape index (κ1) is 11.7. The number of methoxy groups -OCH3 is 1. The monoisotopic (exact) mass is 211 g/mol. The lowest BCUT2D eigenvalue weighted by atomic mass is 10.0. The van der Waals surface area contributed by atoms with Crippen molar-refractivity contribution in [3.8, 4) is 0 Å². The maximum Gasteiger partial charge on any atom is 0.307 e. The molecule has 1 aromatic rings. The second kappa shape index (κ2) is 4.93. The van der Waals surface area contributed by atoms with Gasteiger partial charge in [-0.1, -0.05) is 6.92 Å². The normalized spacial score (nSPS) is 12.5. The first-order valence-electron chi connectivity index (χ1n) is 4.93. The van der Waals surface area contributed by atoms with Crippen LogP contribution in [0.2, 0.25) is 0 Å². The Labute approximate surface area is 89.2 Å². The summed E-state index contributed by atoms with van der Waals surface area (Å²) in [7, 11) is 3.20. The second-order valence-corrected chi connectivity index (χ2v) is 3.45. The van der Waals surface area contributed by atoms with E-state index in [-0.39, 0.29) is 18.4 Å². The highest BCUT2D eigenvalue weighted by molar-refractivity contribution is 5.70. The van der Waals surface area contributed by atoms with Crippen LogP contribution in [-0.4, -0.2) is 22.9 Å². The standard InChI is InChI=1S/C10H17N3O2/c1-4-9-7(6-13(2)12-9)8(11)5-10(14)15-3/h6,8H,4-5,11H2,1-3H3/t8-/m1/s1. The smallest absolute Gasteiger partial charge is 0.307 e. The van der Waals surface area contributed by atoms with Gasteiger partial charge in [-0.3, -0.25) is 9.48 Å². The average Bonchev–Trinajstić information content (AvgIpc) is 2.59. The minimum Gasteiger partial charge on any atom is -0.469 e. The van der Waals surface area contributed by atoms with Crippen LogP contribution >= 0.6 is 0 Å². The molecule has 0 bridgehead atoms. The lowest BCUT2D eigenvalue weighted by molar-refractivity contribution is -0.141. The van der Waals surface area contributed by atoms with Gasteiger partial charge in [-0.2, -0.15) is 5.10 Å². The fraction of sp³-hybridized carbons (Fsp3) is 0.600. The van der Waals surface area contributed by atoms with Gasteiger partial charge in [0.2, 0.25) is 0 Å². The fourth-order valence-electron chi connectivity index (χ4n) is 1.51. The highest BCUT2D eigenvalue weighted by atomic mass is 16.5. The lowest BCUT2D eigenvalue weighted by Gasteiger charge is -2.09. The molecule has 1 aromatic heterocycles. The Balaban J connectivity index is 2.80. The molecular formula is C10H17N3O2. The van der Waals surface area contributed by atoms with Gasteiger partial charge in [-0.05, 0) is 6.42 Å². The van der Waals surface area contributed by atoms with E-state index in [1.54, 1.807) is 4.68 Å². The Bertz CT molecular complexity index is 346. The van der Waals surface area contributed by atoms with E-state index >= 15 is 0 Å². The van der Waals surface area contributed by atoms with Gasteiger partial charge in [0.15, 0.2) is 0 Å². The molecule has 0 saturated heterocycles. The number of carbonyl (C=O) groups is 1. The number of esters is 1. The summed E-state index contributed by atoms with van der Waals surface area (Å²) in [5.41, 5.74) is 7.77. The number of rotatable bonds is 4. The summed E-state index contributed by atoms with van der Waals surface area (Å²) in [6.07, 6.45) is 2.85. The van der Waals surface area contributed by atoms with Gasteiger partial charge in [0.1, 0.15) is 0 Å². The van der Waals surface area contributed by atoms with Gasteiger partial charge in [0.25, 0.3) is 0 Å². The first-order chi connectivity index (χ1) is 7.08. The van der Waals surface area contributed by atoms with E-state index in [1.165, 1.54) is 7.11 Å². The molecule has 0 spiro atoms. The summed E-state index contributed by atoms with van der Waals surface area (Å²) in [6, 6.07) is -0.332. The Morgan fingerprint density at radius 2 is 2.40 bits per heavy atom. The van der Waals surface area contributed by atoms with Crippen LogP contribution in [0.1, 0.15) is 30.6 Å². The van der Waals surface area contributed by atoms with Crippen molar-refractivity contribution in [3.05, 3.63) is 17.5 Å². The van der Waals surface area contributed by atoms with Crippen LogP contribution in [0.5, 0.6) is 0 Å². The van der Waals surface area contributed by atoms with Crippen LogP contribution in [0.3, 0.4) is 0 Å². The molecule has 0 saturated carbocycles. The largest absolute Gasteiger partial charge is 0.469 e. The highest BCUT2D eigenvalue weighted by Gasteiger charge is 2.17. The summed E-state index contributed by atoms with van der Waals surface area (Å²) >= 11 is 0. The predicted molar refractivity (Wildman–Crippen MR) is 56.1 cm³/mol. The molecule has 0 aliphatic carbocycles. The van der Waals surface area contributed by atoms with Crippen molar-refractivity contribution in [1.82, 2.24) is 9.78 Å². The zero-order valence-electron chi connectivity index (χ0n) is 9.36. The van der Waals surface area contributed by atoms with Crippen molar-refractivity contribution in [2.75, 3.05) is 7.11 Å². The molecule has 15 heavy (non-hydrogen) atoms. The summed E-state index contributed by atoms with van der Waals surface area (Å²) in [5.74, 6) is -0.298. The third kappa shape index (κ3) is 2.79. The number of hydrogen-bond acceptors (Lipinski definition) is 4. The summed E-state index contributed by atoms with van der Waals surface area (Å²) in [6.45, 7) is 2.01. The van der Waals surface area contributed by atoms with E-state index in [4.69, 9.17) is 5.73 Å². The number of nitrogens with two attached hydrogens (primary N) is 1. The zero-order chi connectivity index (χ0) is 11.4. The van der Waals surface area contributed by atoms with Crippen molar-refractivity contribution >= 4 is 5.97 Å².